The highest BCUT2D eigenvalue weighted by Crippen LogP contribution is 2.23. The fourth-order valence-corrected chi connectivity index (χ4v) is 2.77. The van der Waals surface area contributed by atoms with Crippen molar-refractivity contribution in [2.24, 2.45) is 0 Å². The molecule has 0 spiro atoms. The third-order valence-corrected chi connectivity index (χ3v) is 4.12. The van der Waals surface area contributed by atoms with Gasteiger partial charge in [0.1, 0.15) is 0 Å². The van der Waals surface area contributed by atoms with Gasteiger partial charge in [-0.05, 0) is 37.3 Å². The van der Waals surface area contributed by atoms with Crippen LogP contribution < -0.4 is 0 Å². The molecule has 0 saturated carbocycles. The lowest BCUT2D eigenvalue weighted by molar-refractivity contribution is 0.102. The van der Waals surface area contributed by atoms with Crippen molar-refractivity contribution in [3.8, 4) is 17.8 Å². The van der Waals surface area contributed by atoms with E-state index in [2.05, 4.69) is 22.0 Å². The second-order valence-electron chi connectivity index (χ2n) is 5.15. The van der Waals surface area contributed by atoms with Gasteiger partial charge in [-0.15, -0.1) is 0 Å². The van der Waals surface area contributed by atoms with Crippen LogP contribution in [-0.4, -0.2) is 22.3 Å². The van der Waals surface area contributed by atoms with Gasteiger partial charge >= 0.3 is 0 Å². The van der Waals surface area contributed by atoms with Crippen molar-refractivity contribution >= 4 is 21.7 Å². The minimum Gasteiger partial charge on any atom is -0.374 e. The Labute approximate surface area is 149 Å². The number of aromatic nitrogens is 1. The Balaban J connectivity index is 2.42. The van der Waals surface area contributed by atoms with E-state index < -0.39 is 0 Å². The monoisotopic (exact) mass is 385 g/mol. The van der Waals surface area contributed by atoms with Crippen molar-refractivity contribution in [3.63, 3.8) is 0 Å². The Morgan fingerprint density at radius 3 is 2.58 bits per heavy atom. The summed E-state index contributed by atoms with van der Waals surface area (Å²) in [7, 11) is 0. The van der Waals surface area contributed by atoms with E-state index in [9.17, 15) is 4.79 Å². The predicted molar refractivity (Wildman–Crippen MR) is 93.2 cm³/mol. The molecule has 0 bridgehead atoms. The molecule has 6 heteroatoms. The Hall–Kier alpha value is -2.41. The number of alkyl halides is 1. The second kappa shape index (κ2) is 8.44. The molecule has 1 aromatic heterocycles. The molecule has 1 heterocycles. The van der Waals surface area contributed by atoms with Crippen molar-refractivity contribution in [1.29, 1.82) is 10.5 Å². The first-order valence-electron chi connectivity index (χ1n) is 7.38. The molecule has 0 aliphatic rings. The highest BCUT2D eigenvalue weighted by atomic mass is 79.9. The van der Waals surface area contributed by atoms with E-state index in [1.165, 1.54) is 0 Å². The Bertz CT molecular complexity index is 811. The van der Waals surface area contributed by atoms with Gasteiger partial charge in [-0.25, -0.2) is 0 Å². The third kappa shape index (κ3) is 3.91. The van der Waals surface area contributed by atoms with Crippen LogP contribution in [0.5, 0.6) is 0 Å². The van der Waals surface area contributed by atoms with E-state index in [0.29, 0.717) is 30.8 Å². The standard InChI is InChI=1S/C18H16BrN3O2/c1-13-17(18(23)10-19)9-16(12-24-8-2-7-20)22(13)15-5-3-14(11-21)4-6-15/h3-6,9H,2,8,10,12H2,1H3. The Morgan fingerprint density at radius 2 is 2.00 bits per heavy atom. The number of nitrogens with zero attached hydrogens (tertiary/aromatic N) is 3. The second-order valence-corrected chi connectivity index (χ2v) is 5.71. The minimum atomic E-state index is -0.00169. The molecule has 2 rings (SSSR count). The molecule has 0 aliphatic carbocycles. The maximum Gasteiger partial charge on any atom is 0.175 e. The molecule has 0 radical (unpaired) electrons. The number of hydrogen-bond acceptors (Lipinski definition) is 4. The molecule has 0 atom stereocenters. The van der Waals surface area contributed by atoms with E-state index >= 15 is 0 Å². The molecule has 0 aliphatic heterocycles. The van der Waals surface area contributed by atoms with Crippen molar-refractivity contribution in [3.05, 3.63) is 52.8 Å². The van der Waals surface area contributed by atoms with E-state index in [4.69, 9.17) is 15.3 Å². The molecule has 122 valence electrons. The molecule has 2 aromatic rings. The molecular weight excluding hydrogens is 370 g/mol. The maximum atomic E-state index is 12.1. The summed E-state index contributed by atoms with van der Waals surface area (Å²) in [5, 5.41) is 17.8. The summed E-state index contributed by atoms with van der Waals surface area (Å²) >= 11 is 3.21. The average molecular weight is 386 g/mol. The van der Waals surface area contributed by atoms with Crippen LogP contribution in [-0.2, 0) is 11.3 Å². The number of nitriles is 2. The van der Waals surface area contributed by atoms with Gasteiger partial charge in [0, 0.05) is 22.6 Å². The lowest BCUT2D eigenvalue weighted by atomic mass is 10.2. The molecular formula is C18H16BrN3O2. The van der Waals surface area contributed by atoms with Crippen LogP contribution in [0.25, 0.3) is 5.69 Å². The van der Waals surface area contributed by atoms with Gasteiger partial charge in [0.2, 0.25) is 0 Å². The summed E-state index contributed by atoms with van der Waals surface area (Å²) < 4.78 is 7.48. The topological polar surface area (TPSA) is 78.8 Å². The molecule has 5 nitrogen and oxygen atoms in total. The SMILES string of the molecule is Cc1c(C(=O)CBr)cc(COCCC#N)n1-c1ccc(C#N)cc1. The molecule has 0 unspecified atom stereocenters. The fourth-order valence-electron chi connectivity index (χ4n) is 2.47. The van der Waals surface area contributed by atoms with E-state index in [1.54, 1.807) is 12.1 Å². The first-order chi connectivity index (χ1) is 11.6. The summed E-state index contributed by atoms with van der Waals surface area (Å²) in [6, 6.07) is 13.1. The number of ketones is 1. The van der Waals surface area contributed by atoms with Gasteiger partial charge in [-0.1, -0.05) is 15.9 Å². The first kappa shape index (κ1) is 17.9. The quantitative estimate of drug-likeness (QED) is 0.413. The summed E-state index contributed by atoms with van der Waals surface area (Å²) in [5.74, 6) is -0.00169. The average Bonchev–Trinajstić information content (AvgIpc) is 2.94. The number of benzene rings is 1. The maximum absolute atomic E-state index is 12.1. The summed E-state index contributed by atoms with van der Waals surface area (Å²) in [4.78, 5) is 12.1. The van der Waals surface area contributed by atoms with Gasteiger partial charge in [-0.3, -0.25) is 4.79 Å². The number of halogens is 1. The molecule has 0 fully saturated rings. The van der Waals surface area contributed by atoms with E-state index in [-0.39, 0.29) is 11.1 Å². The van der Waals surface area contributed by atoms with Crippen LogP contribution in [0.2, 0.25) is 0 Å². The molecule has 24 heavy (non-hydrogen) atoms. The number of ether oxygens (including phenoxy) is 1. The van der Waals surface area contributed by atoms with Gasteiger partial charge in [0.05, 0.1) is 42.7 Å². The minimum absolute atomic E-state index is 0.00169. The lowest BCUT2D eigenvalue weighted by Crippen LogP contribution is -2.06. The Morgan fingerprint density at radius 1 is 1.29 bits per heavy atom. The van der Waals surface area contributed by atoms with Gasteiger partial charge in [0.15, 0.2) is 5.78 Å². The highest BCUT2D eigenvalue weighted by Gasteiger charge is 2.18. The van der Waals surface area contributed by atoms with Crippen LogP contribution in [0.15, 0.2) is 30.3 Å². The van der Waals surface area contributed by atoms with E-state index in [0.717, 1.165) is 17.1 Å². The number of rotatable bonds is 7. The summed E-state index contributed by atoms with van der Waals surface area (Å²) in [6.45, 7) is 2.53. The number of carbonyl (C=O) groups excluding carboxylic acids is 1. The van der Waals surface area contributed by atoms with Gasteiger partial charge in [0.25, 0.3) is 0 Å². The molecule has 0 amide bonds. The normalized spacial score (nSPS) is 10.2. The van der Waals surface area contributed by atoms with Gasteiger partial charge in [-0.2, -0.15) is 10.5 Å². The molecule has 1 aromatic carbocycles. The largest absolute Gasteiger partial charge is 0.374 e. The Kier molecular flexibility index (Phi) is 6.31. The van der Waals surface area contributed by atoms with Crippen LogP contribution in [0.1, 0.15) is 33.7 Å². The van der Waals surface area contributed by atoms with Crippen molar-refractivity contribution < 1.29 is 9.53 Å². The van der Waals surface area contributed by atoms with Crippen molar-refractivity contribution in [2.45, 2.75) is 20.0 Å². The van der Waals surface area contributed by atoms with Crippen LogP contribution >= 0.6 is 15.9 Å². The van der Waals surface area contributed by atoms with E-state index in [1.807, 2.05) is 35.8 Å². The molecule has 0 N–H and O–H groups in total. The smallest absolute Gasteiger partial charge is 0.175 e. The van der Waals surface area contributed by atoms with Gasteiger partial charge < -0.3 is 9.30 Å². The van der Waals surface area contributed by atoms with Crippen molar-refractivity contribution in [1.82, 2.24) is 4.57 Å². The summed E-state index contributed by atoms with van der Waals surface area (Å²) in [5.41, 5.74) is 3.73. The fraction of sp³-hybridized carbons (Fsp3) is 0.278. The zero-order valence-corrected chi connectivity index (χ0v) is 14.8. The van der Waals surface area contributed by atoms with Crippen LogP contribution in [0, 0.1) is 29.6 Å². The first-order valence-corrected chi connectivity index (χ1v) is 8.50. The predicted octanol–water partition coefficient (Wildman–Crippen LogP) is 3.67. The third-order valence-electron chi connectivity index (χ3n) is 3.61. The molecule has 0 saturated heterocycles. The zero-order chi connectivity index (χ0) is 17.5. The lowest BCUT2D eigenvalue weighted by Gasteiger charge is -2.12. The summed E-state index contributed by atoms with van der Waals surface area (Å²) in [6.07, 6.45) is 0.323. The van der Waals surface area contributed by atoms with Crippen LogP contribution in [0.4, 0.5) is 0 Å². The number of carbonyl (C=O) groups is 1. The zero-order valence-electron chi connectivity index (χ0n) is 13.3. The van der Waals surface area contributed by atoms with Crippen LogP contribution in [0.3, 0.4) is 0 Å². The number of hydrogen-bond donors (Lipinski definition) is 0. The highest BCUT2D eigenvalue weighted by molar-refractivity contribution is 9.09. The van der Waals surface area contributed by atoms with Crippen molar-refractivity contribution in [2.75, 3.05) is 11.9 Å². The number of Topliss-reactive ketones (excluding diaryl/α,β-unsaturated/α-hetero) is 1.